The van der Waals surface area contributed by atoms with Gasteiger partial charge in [-0.05, 0) is 36.1 Å². The molecule has 0 saturated carbocycles. The Kier molecular flexibility index (Phi) is 4.23. The second-order valence-electron chi connectivity index (χ2n) is 4.33. The van der Waals surface area contributed by atoms with Crippen LogP contribution in [0.1, 0.15) is 23.6 Å². The highest BCUT2D eigenvalue weighted by Crippen LogP contribution is 2.36. The molecule has 0 radical (unpaired) electrons. The van der Waals surface area contributed by atoms with Crippen molar-refractivity contribution >= 4 is 17.6 Å². The summed E-state index contributed by atoms with van der Waals surface area (Å²) in [5.74, 6) is -0.0713. The maximum absolute atomic E-state index is 12.1. The van der Waals surface area contributed by atoms with Crippen LogP contribution in [0, 0.1) is 16.9 Å². The Morgan fingerprint density at radius 1 is 1.63 bits per heavy atom. The summed E-state index contributed by atoms with van der Waals surface area (Å²) in [6, 6.07) is 5.41. The molecule has 1 aromatic rings. The van der Waals surface area contributed by atoms with Crippen LogP contribution in [-0.2, 0) is 6.42 Å². The third kappa shape index (κ3) is 2.79. The SMILES string of the molecule is N#CN(C(=N)NCCF)C1CCc2ccc(Cl)cc21. The molecule has 19 heavy (non-hydrogen) atoms. The molecule has 2 N–H and O–H groups in total. The summed E-state index contributed by atoms with van der Waals surface area (Å²) < 4.78 is 12.1. The Balaban J connectivity index is 2.21. The van der Waals surface area contributed by atoms with E-state index in [0.29, 0.717) is 5.02 Å². The summed E-state index contributed by atoms with van der Waals surface area (Å²) in [5.41, 5.74) is 2.12. The summed E-state index contributed by atoms with van der Waals surface area (Å²) in [7, 11) is 0. The van der Waals surface area contributed by atoms with Crippen LogP contribution in [0.3, 0.4) is 0 Å². The molecule has 0 bridgehead atoms. The zero-order valence-electron chi connectivity index (χ0n) is 10.3. The fourth-order valence-electron chi connectivity index (χ4n) is 2.35. The van der Waals surface area contributed by atoms with Gasteiger partial charge < -0.3 is 5.32 Å². The Bertz CT molecular complexity index is 526. The van der Waals surface area contributed by atoms with Crippen LogP contribution in [0.4, 0.5) is 4.39 Å². The third-order valence-electron chi connectivity index (χ3n) is 3.20. The topological polar surface area (TPSA) is 62.9 Å². The minimum atomic E-state index is -0.575. The Morgan fingerprint density at radius 3 is 3.11 bits per heavy atom. The predicted molar refractivity (Wildman–Crippen MR) is 71.7 cm³/mol. The number of aryl methyl sites for hydroxylation is 1. The molecule has 1 unspecified atom stereocenters. The van der Waals surface area contributed by atoms with Gasteiger partial charge in [0.25, 0.3) is 0 Å². The summed E-state index contributed by atoms with van der Waals surface area (Å²) in [6.07, 6.45) is 3.60. The van der Waals surface area contributed by atoms with Crippen LogP contribution in [0.2, 0.25) is 5.02 Å². The number of hydrogen-bond donors (Lipinski definition) is 2. The van der Waals surface area contributed by atoms with E-state index in [1.165, 1.54) is 4.90 Å². The molecule has 2 rings (SSSR count). The number of nitriles is 1. The van der Waals surface area contributed by atoms with E-state index in [9.17, 15) is 9.65 Å². The van der Waals surface area contributed by atoms with Crippen molar-refractivity contribution in [2.24, 2.45) is 0 Å². The lowest BCUT2D eigenvalue weighted by Crippen LogP contribution is -2.40. The molecular weight excluding hydrogens is 267 g/mol. The first-order valence-corrected chi connectivity index (χ1v) is 6.41. The number of hydrogen-bond acceptors (Lipinski definition) is 2. The second-order valence-corrected chi connectivity index (χ2v) is 4.77. The average molecular weight is 281 g/mol. The molecule has 0 heterocycles. The fourth-order valence-corrected chi connectivity index (χ4v) is 2.53. The fraction of sp³-hybridized carbons (Fsp3) is 0.385. The minimum Gasteiger partial charge on any atom is -0.353 e. The van der Waals surface area contributed by atoms with E-state index in [1.54, 1.807) is 0 Å². The van der Waals surface area contributed by atoms with Gasteiger partial charge >= 0.3 is 0 Å². The highest BCUT2D eigenvalue weighted by Gasteiger charge is 2.30. The van der Waals surface area contributed by atoms with Crippen LogP contribution >= 0.6 is 11.6 Å². The lowest BCUT2D eigenvalue weighted by molar-refractivity contribution is 0.401. The molecule has 0 saturated heterocycles. The Hall–Kier alpha value is -1.80. The smallest absolute Gasteiger partial charge is 0.205 e. The zero-order valence-corrected chi connectivity index (χ0v) is 11.0. The standard InChI is InChI=1S/C13H14ClFN4/c14-10-3-1-9-2-4-12(11(9)7-10)19(8-16)13(17)18-6-5-15/h1,3,7,12H,2,4-6H2,(H2,17,18). The van der Waals surface area contributed by atoms with Crippen molar-refractivity contribution < 1.29 is 4.39 Å². The van der Waals surface area contributed by atoms with Crippen molar-refractivity contribution in [3.05, 3.63) is 34.3 Å². The molecule has 1 aliphatic carbocycles. The van der Waals surface area contributed by atoms with Crippen molar-refractivity contribution in [3.8, 4) is 6.19 Å². The quantitative estimate of drug-likeness (QED) is 0.387. The maximum atomic E-state index is 12.1. The summed E-state index contributed by atoms with van der Waals surface area (Å²) in [6.45, 7) is -0.541. The van der Waals surface area contributed by atoms with Crippen molar-refractivity contribution in [1.82, 2.24) is 10.2 Å². The molecule has 0 aromatic heterocycles. The zero-order chi connectivity index (χ0) is 13.8. The number of guanidine groups is 1. The highest BCUT2D eigenvalue weighted by atomic mass is 35.5. The average Bonchev–Trinajstić information content (AvgIpc) is 2.80. The van der Waals surface area contributed by atoms with Crippen LogP contribution < -0.4 is 5.32 Å². The molecule has 1 atom stereocenters. The van der Waals surface area contributed by atoms with E-state index in [-0.39, 0.29) is 18.5 Å². The predicted octanol–water partition coefficient (Wildman–Crippen LogP) is 2.60. The first-order valence-electron chi connectivity index (χ1n) is 6.03. The Morgan fingerprint density at radius 2 is 2.42 bits per heavy atom. The van der Waals surface area contributed by atoms with Gasteiger partial charge in [-0.3, -0.25) is 5.41 Å². The summed E-state index contributed by atoms with van der Waals surface area (Å²) in [4.78, 5) is 1.28. The number of fused-ring (bicyclic) bond motifs is 1. The van der Waals surface area contributed by atoms with Gasteiger partial charge in [-0.2, -0.15) is 5.26 Å². The van der Waals surface area contributed by atoms with E-state index in [2.05, 4.69) is 5.32 Å². The number of nitrogens with zero attached hydrogens (tertiary/aromatic N) is 2. The number of alkyl halides is 1. The monoisotopic (exact) mass is 280 g/mol. The molecule has 1 aliphatic rings. The lowest BCUT2D eigenvalue weighted by Gasteiger charge is -2.24. The second kappa shape index (κ2) is 5.89. The first kappa shape index (κ1) is 13.6. The molecule has 0 fully saturated rings. The number of nitrogens with one attached hydrogen (secondary N) is 2. The molecule has 0 spiro atoms. The summed E-state index contributed by atoms with van der Waals surface area (Å²) in [5, 5.41) is 20.2. The van der Waals surface area contributed by atoms with Crippen LogP contribution in [0.25, 0.3) is 0 Å². The van der Waals surface area contributed by atoms with E-state index >= 15 is 0 Å². The first-order chi connectivity index (χ1) is 9.17. The number of halogens is 2. The van der Waals surface area contributed by atoms with Crippen molar-refractivity contribution in [1.29, 1.82) is 10.7 Å². The van der Waals surface area contributed by atoms with E-state index < -0.39 is 6.67 Å². The number of benzene rings is 1. The van der Waals surface area contributed by atoms with Gasteiger partial charge in [0.2, 0.25) is 5.96 Å². The maximum Gasteiger partial charge on any atom is 0.205 e. The van der Waals surface area contributed by atoms with Crippen LogP contribution in [0.15, 0.2) is 18.2 Å². The van der Waals surface area contributed by atoms with E-state index in [1.807, 2.05) is 24.4 Å². The van der Waals surface area contributed by atoms with Crippen molar-refractivity contribution in [2.75, 3.05) is 13.2 Å². The molecule has 100 valence electrons. The highest BCUT2D eigenvalue weighted by molar-refractivity contribution is 6.30. The largest absolute Gasteiger partial charge is 0.353 e. The van der Waals surface area contributed by atoms with Gasteiger partial charge in [0, 0.05) is 11.6 Å². The molecular formula is C13H14ClFN4. The van der Waals surface area contributed by atoms with E-state index in [0.717, 1.165) is 24.0 Å². The van der Waals surface area contributed by atoms with Gasteiger partial charge in [-0.1, -0.05) is 17.7 Å². The normalized spacial score (nSPS) is 16.6. The van der Waals surface area contributed by atoms with Crippen molar-refractivity contribution in [2.45, 2.75) is 18.9 Å². The van der Waals surface area contributed by atoms with Gasteiger partial charge in [0.1, 0.15) is 6.67 Å². The number of rotatable bonds is 3. The molecule has 6 heteroatoms. The molecule has 4 nitrogen and oxygen atoms in total. The lowest BCUT2D eigenvalue weighted by atomic mass is 10.1. The Labute approximate surface area is 116 Å². The molecule has 0 aliphatic heterocycles. The van der Waals surface area contributed by atoms with Gasteiger partial charge in [0.15, 0.2) is 6.19 Å². The molecule has 1 aromatic carbocycles. The van der Waals surface area contributed by atoms with Gasteiger partial charge in [0.05, 0.1) is 6.04 Å². The van der Waals surface area contributed by atoms with E-state index in [4.69, 9.17) is 17.0 Å². The minimum absolute atomic E-state index is 0.0339. The third-order valence-corrected chi connectivity index (χ3v) is 3.44. The molecule has 0 amide bonds. The van der Waals surface area contributed by atoms with Gasteiger partial charge in [-0.25, -0.2) is 9.29 Å². The summed E-state index contributed by atoms with van der Waals surface area (Å²) >= 11 is 5.98. The van der Waals surface area contributed by atoms with Gasteiger partial charge in [-0.15, -0.1) is 0 Å². The van der Waals surface area contributed by atoms with Crippen molar-refractivity contribution in [3.63, 3.8) is 0 Å². The van der Waals surface area contributed by atoms with Crippen LogP contribution in [0.5, 0.6) is 0 Å². The van der Waals surface area contributed by atoms with Crippen LogP contribution in [-0.4, -0.2) is 24.1 Å².